The number of halogens is 1. The second kappa shape index (κ2) is 4.94. The van der Waals surface area contributed by atoms with Crippen LogP contribution < -0.4 is 0 Å². The van der Waals surface area contributed by atoms with Gasteiger partial charge in [0.05, 0.1) is 0 Å². The SMILES string of the molecule is CN1C/C(=N/O)C(=O)C(C)(C)[C@@H]1c1ccc(Cl)cc1. The number of rotatable bonds is 1. The first-order valence-electron chi connectivity index (χ1n) is 6.09. The van der Waals surface area contributed by atoms with Crippen molar-refractivity contribution < 1.29 is 10.0 Å². The van der Waals surface area contributed by atoms with E-state index in [9.17, 15) is 4.79 Å². The Kier molecular flexibility index (Phi) is 3.65. The van der Waals surface area contributed by atoms with Crippen LogP contribution in [-0.2, 0) is 4.79 Å². The minimum Gasteiger partial charge on any atom is -0.411 e. The van der Waals surface area contributed by atoms with Crippen molar-refractivity contribution in [1.82, 2.24) is 4.90 Å². The number of carbonyl (C=O) groups is 1. The fourth-order valence-electron chi connectivity index (χ4n) is 2.84. The maximum atomic E-state index is 12.3. The highest BCUT2D eigenvalue weighted by Gasteiger charge is 2.46. The molecule has 0 radical (unpaired) electrons. The highest BCUT2D eigenvalue weighted by Crippen LogP contribution is 2.41. The number of hydrogen-bond acceptors (Lipinski definition) is 4. The van der Waals surface area contributed by atoms with Crippen LogP contribution in [0.3, 0.4) is 0 Å². The Bertz CT molecular complexity index is 523. The molecule has 1 atom stereocenters. The fraction of sp³-hybridized carbons (Fsp3) is 0.429. The number of likely N-dealkylation sites (tertiary alicyclic amines) is 1. The van der Waals surface area contributed by atoms with Crippen LogP contribution in [0, 0.1) is 5.41 Å². The average Bonchev–Trinajstić information content (AvgIpc) is 2.36. The number of ketones is 1. The van der Waals surface area contributed by atoms with Crippen molar-refractivity contribution in [2.75, 3.05) is 13.6 Å². The van der Waals surface area contributed by atoms with Gasteiger partial charge in [-0.3, -0.25) is 9.69 Å². The van der Waals surface area contributed by atoms with Gasteiger partial charge in [0.2, 0.25) is 0 Å². The van der Waals surface area contributed by atoms with Crippen LogP contribution in [0.1, 0.15) is 25.5 Å². The molecule has 0 aliphatic carbocycles. The predicted octanol–water partition coefficient (Wildman–Crippen LogP) is 2.75. The highest BCUT2D eigenvalue weighted by atomic mass is 35.5. The highest BCUT2D eigenvalue weighted by molar-refractivity contribution is 6.43. The maximum Gasteiger partial charge on any atom is 0.189 e. The molecule has 1 fully saturated rings. The summed E-state index contributed by atoms with van der Waals surface area (Å²) in [6.45, 7) is 4.08. The van der Waals surface area contributed by atoms with Crippen molar-refractivity contribution in [3.63, 3.8) is 0 Å². The van der Waals surface area contributed by atoms with Crippen molar-refractivity contribution in [3.8, 4) is 0 Å². The van der Waals surface area contributed by atoms with E-state index in [1.54, 1.807) is 0 Å². The van der Waals surface area contributed by atoms with Gasteiger partial charge >= 0.3 is 0 Å². The molecule has 1 heterocycles. The Hall–Kier alpha value is -1.39. The number of benzene rings is 1. The van der Waals surface area contributed by atoms with E-state index in [1.807, 2.05) is 50.1 Å². The van der Waals surface area contributed by atoms with Gasteiger partial charge in [0.1, 0.15) is 5.71 Å². The summed E-state index contributed by atoms with van der Waals surface area (Å²) in [5, 5.41) is 12.7. The topological polar surface area (TPSA) is 52.9 Å². The molecule has 0 amide bonds. The van der Waals surface area contributed by atoms with Gasteiger partial charge in [0.15, 0.2) is 5.78 Å². The summed E-state index contributed by atoms with van der Waals surface area (Å²) in [6, 6.07) is 7.43. The van der Waals surface area contributed by atoms with E-state index in [0.29, 0.717) is 11.6 Å². The standard InChI is InChI=1S/C14H17ClN2O2/c1-14(2)12(9-4-6-10(15)7-5-9)17(3)8-11(16-19)13(14)18/h4-7,12,19H,8H2,1-3H3/b16-11-/t12-/m0/s1. The van der Waals surface area contributed by atoms with Gasteiger partial charge in [-0.05, 0) is 24.7 Å². The molecule has 1 aromatic carbocycles. The Morgan fingerprint density at radius 2 is 1.95 bits per heavy atom. The Balaban J connectivity index is 2.44. The van der Waals surface area contributed by atoms with E-state index in [0.717, 1.165) is 5.56 Å². The second-order valence-electron chi connectivity index (χ2n) is 5.47. The number of oxime groups is 1. The largest absolute Gasteiger partial charge is 0.411 e. The van der Waals surface area contributed by atoms with Crippen LogP contribution in [-0.4, -0.2) is 35.2 Å². The molecular weight excluding hydrogens is 264 g/mol. The molecule has 0 bridgehead atoms. The zero-order valence-corrected chi connectivity index (χ0v) is 12.0. The lowest BCUT2D eigenvalue weighted by Crippen LogP contribution is -2.52. The van der Waals surface area contributed by atoms with Crippen molar-refractivity contribution in [1.29, 1.82) is 0 Å². The number of carbonyl (C=O) groups excluding carboxylic acids is 1. The zero-order chi connectivity index (χ0) is 14.2. The van der Waals surface area contributed by atoms with Crippen LogP contribution in [0.5, 0.6) is 0 Å². The number of nitrogens with zero attached hydrogens (tertiary/aromatic N) is 2. The number of Topliss-reactive ketones (excluding diaryl/α,β-unsaturated/α-hetero) is 1. The monoisotopic (exact) mass is 280 g/mol. The normalized spacial score (nSPS) is 25.8. The summed E-state index contributed by atoms with van der Waals surface area (Å²) in [5.41, 5.74) is 0.586. The van der Waals surface area contributed by atoms with Crippen LogP contribution in [0.15, 0.2) is 29.4 Å². The van der Waals surface area contributed by atoms with E-state index >= 15 is 0 Å². The minimum atomic E-state index is -0.650. The molecule has 5 heteroatoms. The van der Waals surface area contributed by atoms with Crippen LogP contribution in [0.4, 0.5) is 0 Å². The fourth-order valence-corrected chi connectivity index (χ4v) is 2.97. The molecule has 2 rings (SSSR count). The number of piperidine rings is 1. The summed E-state index contributed by atoms with van der Waals surface area (Å²) >= 11 is 5.90. The molecule has 0 spiro atoms. The Morgan fingerprint density at radius 1 is 1.37 bits per heavy atom. The number of hydrogen-bond donors (Lipinski definition) is 1. The van der Waals surface area contributed by atoms with Crippen LogP contribution in [0.25, 0.3) is 0 Å². The molecule has 1 aliphatic rings. The van der Waals surface area contributed by atoms with Gasteiger partial charge in [0.25, 0.3) is 0 Å². The first-order chi connectivity index (χ1) is 8.87. The molecular formula is C14H17ClN2O2. The zero-order valence-electron chi connectivity index (χ0n) is 11.2. The summed E-state index contributed by atoms with van der Waals surface area (Å²) < 4.78 is 0. The molecule has 19 heavy (non-hydrogen) atoms. The quantitative estimate of drug-likeness (QED) is 0.636. The second-order valence-corrected chi connectivity index (χ2v) is 5.90. The van der Waals surface area contributed by atoms with Crippen molar-refractivity contribution >= 4 is 23.1 Å². The van der Waals surface area contributed by atoms with E-state index in [4.69, 9.17) is 16.8 Å². The Morgan fingerprint density at radius 3 is 2.47 bits per heavy atom. The first kappa shape index (κ1) is 14.0. The molecule has 4 nitrogen and oxygen atoms in total. The van der Waals surface area contributed by atoms with Gasteiger partial charge in [-0.2, -0.15) is 0 Å². The lowest BCUT2D eigenvalue weighted by atomic mass is 9.72. The lowest BCUT2D eigenvalue weighted by Gasteiger charge is -2.43. The molecule has 1 aliphatic heterocycles. The van der Waals surface area contributed by atoms with E-state index in [2.05, 4.69) is 5.16 Å². The van der Waals surface area contributed by atoms with Gasteiger partial charge in [-0.1, -0.05) is 42.7 Å². The molecule has 102 valence electrons. The third-order valence-electron chi connectivity index (χ3n) is 3.68. The van der Waals surface area contributed by atoms with Crippen molar-refractivity contribution in [2.24, 2.45) is 10.6 Å². The van der Waals surface area contributed by atoms with Gasteiger partial charge in [-0.15, -0.1) is 0 Å². The lowest BCUT2D eigenvalue weighted by molar-refractivity contribution is -0.126. The molecule has 0 unspecified atom stereocenters. The summed E-state index contributed by atoms with van der Waals surface area (Å²) in [6.07, 6.45) is 0. The molecule has 1 saturated heterocycles. The summed E-state index contributed by atoms with van der Waals surface area (Å²) in [4.78, 5) is 14.3. The van der Waals surface area contributed by atoms with Crippen LogP contribution in [0.2, 0.25) is 5.02 Å². The average molecular weight is 281 g/mol. The van der Waals surface area contributed by atoms with Gasteiger partial charge < -0.3 is 5.21 Å². The third-order valence-corrected chi connectivity index (χ3v) is 3.93. The maximum absolute atomic E-state index is 12.3. The minimum absolute atomic E-state index is 0.0669. The van der Waals surface area contributed by atoms with Crippen LogP contribution >= 0.6 is 11.6 Å². The van der Waals surface area contributed by atoms with Crippen molar-refractivity contribution in [3.05, 3.63) is 34.9 Å². The Labute approximate surface area is 117 Å². The predicted molar refractivity (Wildman–Crippen MR) is 74.8 cm³/mol. The van der Waals surface area contributed by atoms with E-state index in [1.165, 1.54) is 0 Å². The molecule has 1 aromatic rings. The first-order valence-corrected chi connectivity index (χ1v) is 6.47. The summed E-state index contributed by atoms with van der Waals surface area (Å²) in [7, 11) is 1.92. The van der Waals surface area contributed by atoms with E-state index in [-0.39, 0.29) is 17.5 Å². The smallest absolute Gasteiger partial charge is 0.189 e. The van der Waals surface area contributed by atoms with Gasteiger partial charge in [0, 0.05) is 23.0 Å². The van der Waals surface area contributed by atoms with Gasteiger partial charge in [-0.25, -0.2) is 0 Å². The third kappa shape index (κ3) is 2.38. The molecule has 0 aromatic heterocycles. The van der Waals surface area contributed by atoms with Crippen molar-refractivity contribution in [2.45, 2.75) is 19.9 Å². The molecule has 1 N–H and O–H groups in total. The van der Waals surface area contributed by atoms with E-state index < -0.39 is 5.41 Å². The summed E-state index contributed by atoms with van der Waals surface area (Å²) in [5.74, 6) is -0.118. The molecule has 0 saturated carbocycles.